The molecule has 1 unspecified atom stereocenters. The van der Waals surface area contributed by atoms with Gasteiger partial charge in [0.2, 0.25) is 0 Å². The molecule has 7 heteroatoms. The van der Waals surface area contributed by atoms with Crippen molar-refractivity contribution in [2.45, 2.75) is 65.2 Å². The predicted octanol–water partition coefficient (Wildman–Crippen LogP) is 3.66. The van der Waals surface area contributed by atoms with Crippen molar-refractivity contribution in [3.05, 3.63) is 0 Å². The van der Waals surface area contributed by atoms with Crippen LogP contribution in [0, 0.1) is 40.4 Å². The largest absolute Gasteiger partial charge is 0.481 e. The molecular weight excluding hydrogens is 392 g/mol. The molecule has 29 heavy (non-hydrogen) atoms. The Morgan fingerprint density at radius 1 is 1.21 bits per heavy atom. The number of carboxylic acids is 1. The molecule has 0 heterocycles. The van der Waals surface area contributed by atoms with E-state index in [2.05, 4.69) is 19.0 Å². The van der Waals surface area contributed by atoms with Gasteiger partial charge in [-0.25, -0.2) is 0 Å². The van der Waals surface area contributed by atoms with Crippen LogP contribution in [-0.4, -0.2) is 35.7 Å². The Morgan fingerprint density at radius 2 is 1.97 bits per heavy atom. The summed E-state index contributed by atoms with van der Waals surface area (Å²) in [7, 11) is 0. The van der Waals surface area contributed by atoms with E-state index in [0.717, 1.165) is 37.8 Å². The van der Waals surface area contributed by atoms with Gasteiger partial charge in [0.25, 0.3) is 0 Å². The first-order valence-electron chi connectivity index (χ1n) is 10.9. The van der Waals surface area contributed by atoms with Crippen molar-refractivity contribution in [1.82, 2.24) is 0 Å². The Labute approximate surface area is 179 Å². The van der Waals surface area contributed by atoms with E-state index in [-0.39, 0.29) is 35.1 Å². The molecule has 3 N–H and O–H groups in total. The molecule has 4 aliphatic carbocycles. The maximum atomic E-state index is 12.6. The molecule has 7 atom stereocenters. The maximum Gasteiger partial charge on any atom is 0.306 e. The summed E-state index contributed by atoms with van der Waals surface area (Å²) in [6.45, 7) is 5.29. The van der Waals surface area contributed by atoms with Gasteiger partial charge in [-0.1, -0.05) is 19.0 Å². The van der Waals surface area contributed by atoms with Crippen LogP contribution < -0.4 is 5.73 Å². The van der Waals surface area contributed by atoms with E-state index in [0.29, 0.717) is 56.0 Å². The number of hydrogen-bond acceptors (Lipinski definition) is 5. The third kappa shape index (κ3) is 3.50. The third-order valence-electron chi connectivity index (χ3n) is 8.98. The number of oxime groups is 1. The highest BCUT2D eigenvalue weighted by Gasteiger charge is 2.63. The van der Waals surface area contributed by atoms with Crippen LogP contribution in [0.1, 0.15) is 65.2 Å². The SMILES string of the molecule is C[C@]12CCC(=NOCCN)CC1[C@@H](C(=O)O)C[C@@H]1[C@@H]2CC[C@]2(C)C(=O)CC[C@@H]12.Cl. The van der Waals surface area contributed by atoms with Crippen LogP contribution in [0.5, 0.6) is 0 Å². The third-order valence-corrected chi connectivity index (χ3v) is 8.98. The summed E-state index contributed by atoms with van der Waals surface area (Å²) in [5.41, 5.74) is 6.25. The van der Waals surface area contributed by atoms with Crippen LogP contribution >= 0.6 is 12.4 Å². The van der Waals surface area contributed by atoms with Crippen molar-refractivity contribution < 1.29 is 19.5 Å². The number of halogens is 1. The summed E-state index contributed by atoms with van der Waals surface area (Å²) in [5.74, 6) is 0.705. The van der Waals surface area contributed by atoms with Gasteiger partial charge in [0.15, 0.2) is 0 Å². The van der Waals surface area contributed by atoms with Crippen LogP contribution in [0.4, 0.5) is 0 Å². The molecule has 164 valence electrons. The highest BCUT2D eigenvalue weighted by atomic mass is 35.5. The molecule has 4 rings (SSSR count). The topological polar surface area (TPSA) is 102 Å². The van der Waals surface area contributed by atoms with Crippen molar-refractivity contribution >= 4 is 29.9 Å². The zero-order valence-corrected chi connectivity index (χ0v) is 18.4. The van der Waals surface area contributed by atoms with E-state index in [1.54, 1.807) is 0 Å². The minimum absolute atomic E-state index is 0. The Bertz CT molecular complexity index is 698. The minimum Gasteiger partial charge on any atom is -0.481 e. The quantitative estimate of drug-likeness (QED) is 0.527. The fourth-order valence-corrected chi connectivity index (χ4v) is 7.46. The molecule has 0 aromatic heterocycles. The molecular formula is C22H35ClN2O4. The number of rotatable bonds is 4. The summed E-state index contributed by atoms with van der Waals surface area (Å²) in [5, 5.41) is 14.4. The monoisotopic (exact) mass is 426 g/mol. The normalized spacial score (nSPS) is 45.0. The number of aliphatic carboxylic acids is 1. The molecule has 0 aromatic carbocycles. The lowest BCUT2D eigenvalue weighted by Gasteiger charge is -2.61. The maximum absolute atomic E-state index is 12.6. The van der Waals surface area contributed by atoms with E-state index in [1.807, 2.05) is 0 Å². The summed E-state index contributed by atoms with van der Waals surface area (Å²) >= 11 is 0. The second-order valence-corrected chi connectivity index (χ2v) is 10.1. The zero-order valence-electron chi connectivity index (χ0n) is 17.6. The molecule has 0 radical (unpaired) electrons. The van der Waals surface area contributed by atoms with Crippen LogP contribution in [0.25, 0.3) is 0 Å². The number of nitrogens with zero attached hydrogens (tertiary/aromatic N) is 1. The van der Waals surface area contributed by atoms with E-state index in [1.165, 1.54) is 0 Å². The molecule has 0 bridgehead atoms. The zero-order chi connectivity index (χ0) is 20.1. The predicted molar refractivity (Wildman–Crippen MR) is 113 cm³/mol. The lowest BCUT2D eigenvalue weighted by atomic mass is 9.43. The van der Waals surface area contributed by atoms with Crippen molar-refractivity contribution in [2.24, 2.45) is 51.3 Å². The Morgan fingerprint density at radius 3 is 2.66 bits per heavy atom. The number of hydrogen-bond donors (Lipinski definition) is 2. The number of Topliss-reactive ketones (excluding diaryl/α,β-unsaturated/α-hetero) is 1. The Balaban J connectivity index is 0.00000240. The van der Waals surface area contributed by atoms with Gasteiger partial charge in [-0.3, -0.25) is 9.59 Å². The van der Waals surface area contributed by atoms with E-state index in [9.17, 15) is 14.7 Å². The fourth-order valence-electron chi connectivity index (χ4n) is 7.46. The summed E-state index contributed by atoms with van der Waals surface area (Å²) in [6, 6.07) is 0. The van der Waals surface area contributed by atoms with Gasteiger partial charge in [-0.2, -0.15) is 0 Å². The lowest BCUT2D eigenvalue weighted by Crippen LogP contribution is -2.57. The molecule has 4 aliphatic rings. The van der Waals surface area contributed by atoms with Gasteiger partial charge in [0.05, 0.1) is 11.6 Å². The molecule has 0 aliphatic heterocycles. The van der Waals surface area contributed by atoms with E-state index >= 15 is 0 Å². The van der Waals surface area contributed by atoms with Crippen LogP contribution in [0.2, 0.25) is 0 Å². The standard InChI is InChI=1S/C22H34N2O4.ClH/c1-21-7-5-13(24-28-10-9-23)11-18(21)15(20(26)27)12-14-16-3-4-19(25)22(16,2)8-6-17(14)21;/h14-18H,3-12,23H2,1-2H3,(H,26,27);1H/t14-,15-,16-,17-,18?,21+,22-;/m0./s1. The van der Waals surface area contributed by atoms with Crippen LogP contribution in [0.15, 0.2) is 5.16 Å². The smallest absolute Gasteiger partial charge is 0.306 e. The molecule has 0 amide bonds. The minimum atomic E-state index is -0.685. The van der Waals surface area contributed by atoms with Gasteiger partial charge in [0, 0.05) is 18.4 Å². The van der Waals surface area contributed by atoms with Crippen molar-refractivity contribution in [3.8, 4) is 0 Å². The first kappa shape index (κ1) is 22.5. The Kier molecular flexibility index (Phi) is 6.36. The number of carboxylic acid groups (broad SMARTS) is 1. The number of ketones is 1. The molecule has 4 saturated carbocycles. The first-order valence-corrected chi connectivity index (χ1v) is 10.9. The second kappa shape index (κ2) is 8.18. The van der Waals surface area contributed by atoms with Crippen LogP contribution in [0.3, 0.4) is 0 Å². The van der Waals surface area contributed by atoms with Crippen LogP contribution in [-0.2, 0) is 14.4 Å². The molecule has 6 nitrogen and oxygen atoms in total. The highest BCUT2D eigenvalue weighted by molar-refractivity contribution is 5.88. The second-order valence-electron chi connectivity index (χ2n) is 10.1. The molecule has 0 aromatic rings. The van der Waals surface area contributed by atoms with Crippen molar-refractivity contribution in [1.29, 1.82) is 0 Å². The number of nitrogens with two attached hydrogens (primary N) is 1. The number of fused-ring (bicyclic) bond motifs is 5. The highest BCUT2D eigenvalue weighted by Crippen LogP contribution is 2.66. The summed E-state index contributed by atoms with van der Waals surface area (Å²) < 4.78 is 0. The van der Waals surface area contributed by atoms with Gasteiger partial charge in [0.1, 0.15) is 12.4 Å². The van der Waals surface area contributed by atoms with Gasteiger partial charge in [-0.05, 0) is 74.0 Å². The first-order chi connectivity index (χ1) is 13.3. The van der Waals surface area contributed by atoms with Crippen molar-refractivity contribution in [2.75, 3.05) is 13.2 Å². The number of carbonyl (C=O) groups is 2. The molecule has 0 saturated heterocycles. The van der Waals surface area contributed by atoms with Gasteiger partial charge >= 0.3 is 5.97 Å². The summed E-state index contributed by atoms with van der Waals surface area (Å²) in [6.07, 6.45) is 6.91. The Hall–Kier alpha value is -1.14. The van der Waals surface area contributed by atoms with E-state index in [4.69, 9.17) is 10.6 Å². The van der Waals surface area contributed by atoms with E-state index < -0.39 is 5.97 Å². The molecule has 4 fully saturated rings. The fraction of sp³-hybridized carbons (Fsp3) is 0.864. The average Bonchev–Trinajstić information content (AvgIpc) is 2.96. The van der Waals surface area contributed by atoms with Crippen molar-refractivity contribution in [3.63, 3.8) is 0 Å². The lowest BCUT2D eigenvalue weighted by molar-refractivity contribution is -0.164. The van der Waals surface area contributed by atoms with Gasteiger partial charge in [-0.15, -0.1) is 12.4 Å². The van der Waals surface area contributed by atoms with Gasteiger partial charge < -0.3 is 15.7 Å². The average molecular weight is 427 g/mol. The molecule has 0 spiro atoms. The number of carbonyl (C=O) groups excluding carboxylic acids is 1. The summed E-state index contributed by atoms with van der Waals surface area (Å²) in [4.78, 5) is 30.2.